The minimum absolute atomic E-state index is 0.0176. The minimum Gasteiger partial charge on any atom is -0.476 e. The molecule has 0 bridgehead atoms. The van der Waals surface area contributed by atoms with Crippen molar-refractivity contribution in [3.05, 3.63) is 6.20 Å². The lowest BCUT2D eigenvalue weighted by molar-refractivity contribution is -0.120. The van der Waals surface area contributed by atoms with Crippen LogP contribution in [0, 0.1) is 5.92 Å². The summed E-state index contributed by atoms with van der Waals surface area (Å²) in [6.07, 6.45) is 3.11. The number of carbonyl (C=O) groups excluding carboxylic acids is 1. The first-order valence-corrected chi connectivity index (χ1v) is 7.09. The zero-order valence-electron chi connectivity index (χ0n) is 12.6. The van der Waals surface area contributed by atoms with Gasteiger partial charge in [0.25, 0.3) is 0 Å². The van der Waals surface area contributed by atoms with E-state index in [9.17, 15) is 4.79 Å². The molecule has 0 aliphatic rings. The molecule has 20 heavy (non-hydrogen) atoms. The number of anilines is 1. The first kappa shape index (κ1) is 16.2. The molecule has 1 rings (SSSR count). The third kappa shape index (κ3) is 4.36. The van der Waals surface area contributed by atoms with Gasteiger partial charge in [0.15, 0.2) is 0 Å². The van der Waals surface area contributed by atoms with Gasteiger partial charge in [-0.2, -0.15) is 4.98 Å². The zero-order valence-corrected chi connectivity index (χ0v) is 12.6. The number of hydrogen-bond donors (Lipinski definition) is 1. The van der Waals surface area contributed by atoms with E-state index in [0.29, 0.717) is 24.8 Å². The molecule has 0 atom stereocenters. The Hall–Kier alpha value is -1.85. The number of hydrogen-bond acceptors (Lipinski definition) is 5. The Bertz CT molecular complexity index is 434. The fraction of sp³-hybridized carbons (Fsp3) is 0.643. The predicted octanol–water partition coefficient (Wildman–Crippen LogP) is 2.65. The molecular formula is C14H23N3O3. The molecule has 0 radical (unpaired) electrons. The summed E-state index contributed by atoms with van der Waals surface area (Å²) in [5.41, 5.74) is 0.479. The Morgan fingerprint density at radius 2 is 1.85 bits per heavy atom. The summed E-state index contributed by atoms with van der Waals surface area (Å²) >= 11 is 0. The van der Waals surface area contributed by atoms with E-state index in [1.807, 2.05) is 27.7 Å². The van der Waals surface area contributed by atoms with Gasteiger partial charge in [0, 0.05) is 5.92 Å². The van der Waals surface area contributed by atoms with E-state index in [1.165, 1.54) is 6.20 Å². The second-order valence-corrected chi connectivity index (χ2v) is 4.24. The van der Waals surface area contributed by atoms with E-state index in [1.54, 1.807) is 0 Å². The van der Waals surface area contributed by atoms with Crippen LogP contribution in [0.4, 0.5) is 5.69 Å². The van der Waals surface area contributed by atoms with E-state index in [0.717, 1.165) is 12.8 Å². The van der Waals surface area contributed by atoms with Crippen molar-refractivity contribution in [2.75, 3.05) is 18.5 Å². The molecule has 0 saturated carbocycles. The molecule has 0 saturated heterocycles. The van der Waals surface area contributed by atoms with Crippen molar-refractivity contribution < 1.29 is 14.3 Å². The Labute approximate surface area is 119 Å². The Kier molecular flexibility index (Phi) is 6.76. The zero-order chi connectivity index (χ0) is 15.0. The smallest absolute Gasteiger partial charge is 0.319 e. The van der Waals surface area contributed by atoms with Gasteiger partial charge >= 0.3 is 6.01 Å². The lowest BCUT2D eigenvalue weighted by Gasteiger charge is -2.15. The van der Waals surface area contributed by atoms with Gasteiger partial charge < -0.3 is 14.8 Å². The Morgan fingerprint density at radius 3 is 2.40 bits per heavy atom. The van der Waals surface area contributed by atoms with Gasteiger partial charge in [-0.1, -0.05) is 13.8 Å². The van der Waals surface area contributed by atoms with Gasteiger partial charge in [-0.15, -0.1) is 0 Å². The summed E-state index contributed by atoms with van der Waals surface area (Å²) in [7, 11) is 0. The maximum absolute atomic E-state index is 12.1. The van der Waals surface area contributed by atoms with Gasteiger partial charge in [-0.25, -0.2) is 4.98 Å². The van der Waals surface area contributed by atoms with Crippen LogP contribution in [0.3, 0.4) is 0 Å². The second kappa shape index (κ2) is 8.35. The average molecular weight is 281 g/mol. The number of rotatable bonds is 8. The topological polar surface area (TPSA) is 73.3 Å². The minimum atomic E-state index is -0.0382. The number of amides is 1. The van der Waals surface area contributed by atoms with E-state index in [4.69, 9.17) is 9.47 Å². The van der Waals surface area contributed by atoms with Gasteiger partial charge in [0.2, 0.25) is 11.8 Å². The molecule has 0 aromatic carbocycles. The highest BCUT2D eigenvalue weighted by Crippen LogP contribution is 2.24. The number of aromatic nitrogens is 2. The SMILES string of the molecule is CCOc1ncc(NC(=O)C(CC)CC)c(OCC)n1. The van der Waals surface area contributed by atoms with Crippen LogP contribution in [0.5, 0.6) is 11.9 Å². The fourth-order valence-corrected chi connectivity index (χ4v) is 1.78. The van der Waals surface area contributed by atoms with E-state index in [-0.39, 0.29) is 17.8 Å². The molecule has 0 fully saturated rings. The van der Waals surface area contributed by atoms with Crippen LogP contribution >= 0.6 is 0 Å². The molecule has 1 aromatic heterocycles. The lowest BCUT2D eigenvalue weighted by atomic mass is 10.0. The molecule has 6 heteroatoms. The van der Waals surface area contributed by atoms with Crippen molar-refractivity contribution in [2.24, 2.45) is 5.92 Å². The van der Waals surface area contributed by atoms with E-state index < -0.39 is 0 Å². The quantitative estimate of drug-likeness (QED) is 0.793. The Balaban J connectivity index is 2.90. The third-order valence-corrected chi connectivity index (χ3v) is 2.90. The maximum atomic E-state index is 12.1. The lowest BCUT2D eigenvalue weighted by Crippen LogP contribution is -2.22. The highest BCUT2D eigenvalue weighted by molar-refractivity contribution is 5.93. The number of carbonyl (C=O) groups is 1. The molecule has 112 valence electrons. The van der Waals surface area contributed by atoms with Gasteiger partial charge in [0.1, 0.15) is 5.69 Å². The molecule has 0 aliphatic carbocycles. The molecule has 1 N–H and O–H groups in total. The molecule has 0 unspecified atom stereocenters. The molecule has 1 amide bonds. The summed E-state index contributed by atoms with van der Waals surface area (Å²) < 4.78 is 10.7. The second-order valence-electron chi connectivity index (χ2n) is 4.24. The fourth-order valence-electron chi connectivity index (χ4n) is 1.78. The molecule has 0 spiro atoms. The van der Waals surface area contributed by atoms with Crippen molar-refractivity contribution in [1.82, 2.24) is 9.97 Å². The first-order chi connectivity index (χ1) is 9.65. The molecule has 0 aliphatic heterocycles. The van der Waals surface area contributed by atoms with Gasteiger partial charge in [-0.3, -0.25) is 4.79 Å². The number of nitrogens with zero attached hydrogens (tertiary/aromatic N) is 2. The van der Waals surface area contributed by atoms with Crippen LogP contribution in [-0.4, -0.2) is 29.1 Å². The number of nitrogens with one attached hydrogen (secondary N) is 1. The third-order valence-electron chi connectivity index (χ3n) is 2.90. The van der Waals surface area contributed by atoms with E-state index in [2.05, 4.69) is 15.3 Å². The van der Waals surface area contributed by atoms with Crippen LogP contribution in [0.25, 0.3) is 0 Å². The predicted molar refractivity (Wildman–Crippen MR) is 77.1 cm³/mol. The van der Waals surface area contributed by atoms with Crippen molar-refractivity contribution in [1.29, 1.82) is 0 Å². The summed E-state index contributed by atoms with van der Waals surface area (Å²) in [5.74, 6) is 0.282. The molecule has 1 heterocycles. The van der Waals surface area contributed by atoms with Crippen LogP contribution in [0.15, 0.2) is 6.20 Å². The highest BCUT2D eigenvalue weighted by atomic mass is 16.5. The van der Waals surface area contributed by atoms with Crippen LogP contribution < -0.4 is 14.8 Å². The largest absolute Gasteiger partial charge is 0.476 e. The summed E-state index contributed by atoms with van der Waals surface area (Å²) in [4.78, 5) is 20.3. The van der Waals surface area contributed by atoms with Crippen molar-refractivity contribution in [3.63, 3.8) is 0 Å². The first-order valence-electron chi connectivity index (χ1n) is 7.09. The highest BCUT2D eigenvalue weighted by Gasteiger charge is 2.17. The van der Waals surface area contributed by atoms with E-state index >= 15 is 0 Å². The standard InChI is InChI=1S/C14H23N3O3/c1-5-10(6-2)12(18)16-11-9-15-14(20-8-4)17-13(11)19-7-3/h9-10H,5-8H2,1-4H3,(H,16,18). The van der Waals surface area contributed by atoms with Gasteiger partial charge in [0.05, 0.1) is 19.4 Å². The van der Waals surface area contributed by atoms with Crippen LogP contribution in [0.2, 0.25) is 0 Å². The molecular weight excluding hydrogens is 258 g/mol. The van der Waals surface area contributed by atoms with Crippen molar-refractivity contribution in [3.8, 4) is 11.9 Å². The summed E-state index contributed by atoms with van der Waals surface area (Å²) in [5, 5.41) is 2.82. The Morgan fingerprint density at radius 1 is 1.20 bits per heavy atom. The van der Waals surface area contributed by atoms with Crippen LogP contribution in [0.1, 0.15) is 40.5 Å². The van der Waals surface area contributed by atoms with Crippen molar-refractivity contribution in [2.45, 2.75) is 40.5 Å². The normalized spacial score (nSPS) is 10.4. The van der Waals surface area contributed by atoms with Gasteiger partial charge in [-0.05, 0) is 26.7 Å². The molecule has 6 nitrogen and oxygen atoms in total. The molecule has 1 aromatic rings. The summed E-state index contributed by atoms with van der Waals surface area (Å²) in [6, 6.07) is 0.247. The maximum Gasteiger partial charge on any atom is 0.319 e. The monoisotopic (exact) mass is 281 g/mol. The number of ether oxygens (including phenoxy) is 2. The summed E-state index contributed by atoms with van der Waals surface area (Å²) in [6.45, 7) is 8.63. The van der Waals surface area contributed by atoms with Crippen LogP contribution in [-0.2, 0) is 4.79 Å². The van der Waals surface area contributed by atoms with Crippen molar-refractivity contribution >= 4 is 11.6 Å². The average Bonchev–Trinajstić information content (AvgIpc) is 2.43.